The number of aromatic nitrogens is 3. The standard InChI is InChI=1S/C14H20BrN5/c1-10-4-5-11(8-17-10)13(16)14-12(15)9-18-20(14)7-6-19(2)3/h4-5,8-9,13H,6-7,16H2,1-3H3. The molecule has 0 aliphatic rings. The third-order valence-corrected chi connectivity index (χ3v) is 3.79. The number of pyridine rings is 1. The third kappa shape index (κ3) is 3.45. The number of likely N-dealkylation sites (N-methyl/N-ethyl adjacent to an activating group) is 1. The molecule has 0 spiro atoms. The Bertz CT molecular complexity index is 561. The van der Waals surface area contributed by atoms with Crippen molar-refractivity contribution < 1.29 is 0 Å². The molecule has 0 fully saturated rings. The van der Waals surface area contributed by atoms with Crippen LogP contribution in [0.5, 0.6) is 0 Å². The van der Waals surface area contributed by atoms with Crippen LogP contribution in [0.2, 0.25) is 0 Å². The minimum Gasteiger partial charge on any atom is -0.319 e. The highest BCUT2D eigenvalue weighted by Gasteiger charge is 2.18. The van der Waals surface area contributed by atoms with Crippen molar-refractivity contribution in [1.82, 2.24) is 19.7 Å². The fourth-order valence-corrected chi connectivity index (χ4v) is 2.52. The van der Waals surface area contributed by atoms with E-state index in [0.29, 0.717) is 0 Å². The second kappa shape index (κ2) is 6.47. The van der Waals surface area contributed by atoms with E-state index in [2.05, 4.69) is 30.9 Å². The van der Waals surface area contributed by atoms with Crippen LogP contribution in [0, 0.1) is 6.92 Å². The van der Waals surface area contributed by atoms with E-state index in [9.17, 15) is 0 Å². The predicted octanol–water partition coefficient (Wildman–Crippen LogP) is 1.96. The van der Waals surface area contributed by atoms with Crippen molar-refractivity contribution in [3.05, 3.63) is 46.0 Å². The molecule has 0 aromatic carbocycles. The summed E-state index contributed by atoms with van der Waals surface area (Å²) in [6, 6.07) is 3.76. The first-order valence-electron chi connectivity index (χ1n) is 6.53. The van der Waals surface area contributed by atoms with Crippen molar-refractivity contribution >= 4 is 15.9 Å². The lowest BCUT2D eigenvalue weighted by Crippen LogP contribution is -2.23. The van der Waals surface area contributed by atoms with E-state index in [1.165, 1.54) is 0 Å². The summed E-state index contributed by atoms with van der Waals surface area (Å²) in [6.07, 6.45) is 3.63. The van der Waals surface area contributed by atoms with Crippen LogP contribution in [0.25, 0.3) is 0 Å². The van der Waals surface area contributed by atoms with Crippen LogP contribution in [0.4, 0.5) is 0 Å². The highest BCUT2D eigenvalue weighted by atomic mass is 79.9. The maximum Gasteiger partial charge on any atom is 0.0749 e. The second-order valence-corrected chi connectivity index (χ2v) is 5.97. The lowest BCUT2D eigenvalue weighted by Gasteiger charge is -2.17. The SMILES string of the molecule is Cc1ccc(C(N)c2c(Br)cnn2CCN(C)C)cn1. The molecule has 0 amide bonds. The molecule has 1 unspecified atom stereocenters. The van der Waals surface area contributed by atoms with Crippen LogP contribution < -0.4 is 5.73 Å². The average molecular weight is 338 g/mol. The Morgan fingerprint density at radius 1 is 1.35 bits per heavy atom. The van der Waals surface area contributed by atoms with E-state index >= 15 is 0 Å². The van der Waals surface area contributed by atoms with Gasteiger partial charge in [-0.1, -0.05) is 6.07 Å². The van der Waals surface area contributed by atoms with E-state index in [0.717, 1.165) is 34.5 Å². The second-order valence-electron chi connectivity index (χ2n) is 5.11. The Morgan fingerprint density at radius 3 is 2.70 bits per heavy atom. The summed E-state index contributed by atoms with van der Waals surface area (Å²) in [5, 5.41) is 4.39. The molecular formula is C14H20BrN5. The zero-order chi connectivity index (χ0) is 14.7. The smallest absolute Gasteiger partial charge is 0.0749 e. The zero-order valence-corrected chi connectivity index (χ0v) is 13.6. The maximum atomic E-state index is 6.37. The van der Waals surface area contributed by atoms with Crippen molar-refractivity contribution in [2.75, 3.05) is 20.6 Å². The third-order valence-electron chi connectivity index (χ3n) is 3.18. The predicted molar refractivity (Wildman–Crippen MR) is 83.5 cm³/mol. The van der Waals surface area contributed by atoms with Crippen LogP contribution >= 0.6 is 15.9 Å². The minimum absolute atomic E-state index is 0.234. The monoisotopic (exact) mass is 337 g/mol. The lowest BCUT2D eigenvalue weighted by atomic mass is 10.1. The lowest BCUT2D eigenvalue weighted by molar-refractivity contribution is 0.368. The number of rotatable bonds is 5. The van der Waals surface area contributed by atoms with Crippen molar-refractivity contribution in [3.8, 4) is 0 Å². The fraction of sp³-hybridized carbons (Fsp3) is 0.429. The van der Waals surface area contributed by atoms with Gasteiger partial charge in [-0.05, 0) is 48.6 Å². The van der Waals surface area contributed by atoms with Gasteiger partial charge in [-0.3, -0.25) is 9.67 Å². The molecule has 0 radical (unpaired) electrons. The summed E-state index contributed by atoms with van der Waals surface area (Å²) in [4.78, 5) is 6.43. The Morgan fingerprint density at radius 2 is 2.10 bits per heavy atom. The fourth-order valence-electron chi connectivity index (χ4n) is 1.98. The van der Waals surface area contributed by atoms with Gasteiger partial charge < -0.3 is 10.6 Å². The van der Waals surface area contributed by atoms with Gasteiger partial charge in [0.05, 0.1) is 29.0 Å². The van der Waals surface area contributed by atoms with Crippen LogP contribution in [-0.2, 0) is 6.54 Å². The molecule has 6 heteroatoms. The molecule has 20 heavy (non-hydrogen) atoms. The molecule has 2 aromatic heterocycles. The first kappa shape index (κ1) is 15.2. The van der Waals surface area contributed by atoms with Crippen molar-refractivity contribution in [2.24, 2.45) is 5.73 Å². The molecule has 2 N–H and O–H groups in total. The van der Waals surface area contributed by atoms with Crippen LogP contribution in [0.3, 0.4) is 0 Å². The zero-order valence-electron chi connectivity index (χ0n) is 12.0. The molecule has 0 aliphatic heterocycles. The number of nitrogens with zero attached hydrogens (tertiary/aromatic N) is 4. The quantitative estimate of drug-likeness (QED) is 0.905. The molecular weight excluding hydrogens is 318 g/mol. The van der Waals surface area contributed by atoms with Crippen LogP contribution in [-0.4, -0.2) is 40.3 Å². The molecule has 5 nitrogen and oxygen atoms in total. The Hall–Kier alpha value is -1.24. The Kier molecular flexibility index (Phi) is 4.91. The summed E-state index contributed by atoms with van der Waals surface area (Å²) in [7, 11) is 4.09. The van der Waals surface area contributed by atoms with Crippen LogP contribution in [0.1, 0.15) is 23.0 Å². The summed E-state index contributed by atoms with van der Waals surface area (Å²) < 4.78 is 2.89. The van der Waals surface area contributed by atoms with E-state index in [1.54, 1.807) is 6.20 Å². The summed E-state index contributed by atoms with van der Waals surface area (Å²) in [5.41, 5.74) is 9.33. The molecule has 2 aromatic rings. The van der Waals surface area contributed by atoms with Gasteiger partial charge in [0.15, 0.2) is 0 Å². The van der Waals surface area contributed by atoms with Crippen molar-refractivity contribution in [1.29, 1.82) is 0 Å². The van der Waals surface area contributed by atoms with Gasteiger partial charge >= 0.3 is 0 Å². The molecule has 2 rings (SSSR count). The number of hydrogen-bond donors (Lipinski definition) is 1. The first-order valence-corrected chi connectivity index (χ1v) is 7.32. The largest absolute Gasteiger partial charge is 0.319 e. The first-order chi connectivity index (χ1) is 9.49. The number of aryl methyl sites for hydroxylation is 1. The highest BCUT2D eigenvalue weighted by Crippen LogP contribution is 2.26. The molecule has 0 saturated heterocycles. The van der Waals surface area contributed by atoms with Crippen molar-refractivity contribution in [3.63, 3.8) is 0 Å². The van der Waals surface area contributed by atoms with E-state index < -0.39 is 0 Å². The van der Waals surface area contributed by atoms with Crippen molar-refractivity contribution in [2.45, 2.75) is 19.5 Å². The number of hydrogen-bond acceptors (Lipinski definition) is 4. The highest BCUT2D eigenvalue weighted by molar-refractivity contribution is 9.10. The van der Waals surface area contributed by atoms with Gasteiger partial charge in [0, 0.05) is 18.4 Å². The normalized spacial score (nSPS) is 12.9. The minimum atomic E-state index is -0.234. The van der Waals surface area contributed by atoms with E-state index in [4.69, 9.17) is 5.73 Å². The molecule has 0 bridgehead atoms. The Balaban J connectivity index is 2.26. The number of halogens is 1. The van der Waals surface area contributed by atoms with E-state index in [-0.39, 0.29) is 6.04 Å². The molecule has 1 atom stereocenters. The van der Waals surface area contributed by atoms with Gasteiger partial charge in [-0.2, -0.15) is 5.10 Å². The average Bonchev–Trinajstić information content (AvgIpc) is 2.77. The van der Waals surface area contributed by atoms with Gasteiger partial charge in [-0.15, -0.1) is 0 Å². The van der Waals surface area contributed by atoms with Crippen LogP contribution in [0.15, 0.2) is 29.0 Å². The summed E-state index contributed by atoms with van der Waals surface area (Å²) in [5.74, 6) is 0. The molecule has 0 aliphatic carbocycles. The topological polar surface area (TPSA) is 60.0 Å². The molecule has 2 heterocycles. The van der Waals surface area contributed by atoms with Gasteiger partial charge in [-0.25, -0.2) is 0 Å². The maximum absolute atomic E-state index is 6.37. The number of nitrogens with two attached hydrogens (primary N) is 1. The van der Waals surface area contributed by atoms with E-state index in [1.807, 2.05) is 44.0 Å². The van der Waals surface area contributed by atoms with Gasteiger partial charge in [0.1, 0.15) is 0 Å². The summed E-state index contributed by atoms with van der Waals surface area (Å²) >= 11 is 3.54. The van der Waals surface area contributed by atoms with Gasteiger partial charge in [0.25, 0.3) is 0 Å². The Labute approximate surface area is 127 Å². The summed E-state index contributed by atoms with van der Waals surface area (Å²) in [6.45, 7) is 3.69. The van der Waals surface area contributed by atoms with Gasteiger partial charge in [0.2, 0.25) is 0 Å². The molecule has 0 saturated carbocycles. The molecule has 108 valence electrons.